The van der Waals surface area contributed by atoms with Gasteiger partial charge in [-0.15, -0.1) is 0 Å². The monoisotopic (exact) mass is 118 g/mol. The van der Waals surface area contributed by atoms with Gasteiger partial charge in [0.2, 0.25) is 0 Å². The first-order valence-electron chi connectivity index (χ1n) is 2.51. The molecule has 1 aliphatic carbocycles. The van der Waals surface area contributed by atoms with Gasteiger partial charge in [-0.2, -0.15) is 0 Å². The maximum absolute atomic E-state index is 3.21. The van der Waals surface area contributed by atoms with Gasteiger partial charge in [0.25, 0.3) is 0 Å². The molecule has 0 aromatic carbocycles. The van der Waals surface area contributed by atoms with Crippen LogP contribution in [0, 0.1) is 0 Å². The predicted octanol–water partition coefficient (Wildman–Crippen LogP) is 0.521. The number of rotatable bonds is 3. The second-order valence-electron chi connectivity index (χ2n) is 1.70. The Hall–Kier alpha value is 0.270. The molecular formula is C4H10N2S. The number of hydrogen-bond donors (Lipinski definition) is 2. The van der Waals surface area contributed by atoms with Crippen molar-refractivity contribution >= 4 is 12.1 Å². The zero-order chi connectivity index (χ0) is 5.11. The van der Waals surface area contributed by atoms with Gasteiger partial charge >= 0.3 is 0 Å². The predicted molar refractivity (Wildman–Crippen MR) is 32.8 cm³/mol. The van der Waals surface area contributed by atoms with Crippen molar-refractivity contribution in [1.29, 1.82) is 0 Å². The molecule has 0 aromatic heterocycles. The molecule has 0 saturated heterocycles. The summed E-state index contributed by atoms with van der Waals surface area (Å²) >= 11 is 1.58. The molecular weight excluding hydrogens is 108 g/mol. The molecule has 2 N–H and O–H groups in total. The van der Waals surface area contributed by atoms with E-state index in [2.05, 4.69) is 9.44 Å². The molecule has 42 valence electrons. The largest absolute Gasteiger partial charge is 0.254 e. The van der Waals surface area contributed by atoms with Crippen molar-refractivity contribution in [2.24, 2.45) is 0 Å². The Balaban J connectivity index is 1.80. The van der Waals surface area contributed by atoms with Crippen molar-refractivity contribution in [1.82, 2.24) is 9.44 Å². The van der Waals surface area contributed by atoms with Crippen LogP contribution in [0.1, 0.15) is 12.8 Å². The van der Waals surface area contributed by atoms with E-state index in [4.69, 9.17) is 0 Å². The molecule has 0 radical (unpaired) electrons. The van der Waals surface area contributed by atoms with Crippen LogP contribution in [0.3, 0.4) is 0 Å². The Morgan fingerprint density at radius 3 is 2.71 bits per heavy atom. The van der Waals surface area contributed by atoms with E-state index in [0.29, 0.717) is 0 Å². The van der Waals surface area contributed by atoms with Crippen LogP contribution in [0.25, 0.3) is 0 Å². The lowest BCUT2D eigenvalue weighted by atomic mass is 10.8. The third kappa shape index (κ3) is 2.16. The first-order chi connectivity index (χ1) is 3.43. The van der Waals surface area contributed by atoms with Crippen molar-refractivity contribution in [3.05, 3.63) is 0 Å². The van der Waals surface area contributed by atoms with Gasteiger partial charge in [0.1, 0.15) is 0 Å². The second-order valence-corrected chi connectivity index (χ2v) is 2.55. The number of nitrogens with one attached hydrogen (secondary N) is 2. The van der Waals surface area contributed by atoms with Crippen LogP contribution in [0.5, 0.6) is 0 Å². The molecule has 0 unspecified atom stereocenters. The third-order valence-corrected chi connectivity index (χ3v) is 1.56. The van der Waals surface area contributed by atoms with Gasteiger partial charge in [-0.3, -0.25) is 4.72 Å². The van der Waals surface area contributed by atoms with Crippen molar-refractivity contribution in [3.8, 4) is 0 Å². The molecule has 2 nitrogen and oxygen atoms in total. The summed E-state index contributed by atoms with van der Waals surface area (Å²) in [5.74, 6) is 0. The molecule has 0 amide bonds. The summed E-state index contributed by atoms with van der Waals surface area (Å²) < 4.78 is 6.16. The van der Waals surface area contributed by atoms with E-state index in [1.807, 2.05) is 7.05 Å². The zero-order valence-corrected chi connectivity index (χ0v) is 5.22. The van der Waals surface area contributed by atoms with Crippen molar-refractivity contribution < 1.29 is 0 Å². The summed E-state index contributed by atoms with van der Waals surface area (Å²) in [7, 11) is 1.92. The average Bonchev–Trinajstić information content (AvgIpc) is 2.42. The SMILES string of the molecule is CNSNC1CC1. The Morgan fingerprint density at radius 2 is 2.29 bits per heavy atom. The van der Waals surface area contributed by atoms with Crippen LogP contribution in [-0.4, -0.2) is 13.1 Å². The molecule has 0 spiro atoms. The van der Waals surface area contributed by atoms with Gasteiger partial charge in [0, 0.05) is 18.2 Å². The van der Waals surface area contributed by atoms with Crippen LogP contribution < -0.4 is 9.44 Å². The summed E-state index contributed by atoms with van der Waals surface area (Å²) in [6.45, 7) is 0. The topological polar surface area (TPSA) is 24.1 Å². The fourth-order valence-electron chi connectivity index (χ4n) is 0.343. The van der Waals surface area contributed by atoms with Crippen molar-refractivity contribution in [2.45, 2.75) is 18.9 Å². The molecule has 3 heteroatoms. The molecule has 1 saturated carbocycles. The molecule has 7 heavy (non-hydrogen) atoms. The average molecular weight is 118 g/mol. The fourth-order valence-corrected chi connectivity index (χ4v) is 0.864. The first kappa shape index (κ1) is 5.41. The standard InChI is InChI=1S/C4H10N2S/c1-5-7-6-4-2-3-4/h4-6H,2-3H2,1H3. The van der Waals surface area contributed by atoms with Gasteiger partial charge in [-0.1, -0.05) is 0 Å². The van der Waals surface area contributed by atoms with E-state index >= 15 is 0 Å². The lowest BCUT2D eigenvalue weighted by Gasteiger charge is -1.94. The minimum Gasteiger partial charge on any atom is -0.254 e. The summed E-state index contributed by atoms with van der Waals surface area (Å²) in [5.41, 5.74) is 0. The smallest absolute Gasteiger partial charge is 0.0185 e. The maximum Gasteiger partial charge on any atom is 0.0185 e. The highest BCUT2D eigenvalue weighted by Gasteiger charge is 2.19. The normalized spacial score (nSPS) is 20.1. The van der Waals surface area contributed by atoms with Gasteiger partial charge < -0.3 is 0 Å². The summed E-state index contributed by atoms with van der Waals surface area (Å²) in [4.78, 5) is 0. The molecule has 0 aliphatic heterocycles. The molecule has 0 atom stereocenters. The van der Waals surface area contributed by atoms with Crippen LogP contribution in [0.15, 0.2) is 0 Å². The van der Waals surface area contributed by atoms with Gasteiger partial charge in [-0.25, -0.2) is 4.72 Å². The molecule has 1 fully saturated rings. The molecule has 0 aromatic rings. The molecule has 1 aliphatic rings. The summed E-state index contributed by atoms with van der Waals surface area (Å²) in [5, 5.41) is 0. The third-order valence-electron chi connectivity index (χ3n) is 0.905. The molecule has 1 rings (SSSR count). The lowest BCUT2D eigenvalue weighted by molar-refractivity contribution is 0.961. The van der Waals surface area contributed by atoms with E-state index in [1.165, 1.54) is 12.8 Å². The minimum absolute atomic E-state index is 0.803. The van der Waals surface area contributed by atoms with Crippen molar-refractivity contribution in [3.63, 3.8) is 0 Å². The Bertz CT molecular complexity index is 53.7. The van der Waals surface area contributed by atoms with E-state index in [1.54, 1.807) is 12.1 Å². The van der Waals surface area contributed by atoms with Crippen LogP contribution in [-0.2, 0) is 0 Å². The Morgan fingerprint density at radius 1 is 1.57 bits per heavy atom. The van der Waals surface area contributed by atoms with Crippen molar-refractivity contribution in [2.75, 3.05) is 7.05 Å². The summed E-state index contributed by atoms with van der Waals surface area (Å²) in [6, 6.07) is 0.803. The van der Waals surface area contributed by atoms with Gasteiger partial charge in [0.15, 0.2) is 0 Å². The quantitative estimate of drug-likeness (QED) is 0.528. The highest BCUT2D eigenvalue weighted by Crippen LogP contribution is 2.20. The van der Waals surface area contributed by atoms with E-state index in [-0.39, 0.29) is 0 Å². The zero-order valence-electron chi connectivity index (χ0n) is 4.40. The highest BCUT2D eigenvalue weighted by atomic mass is 32.2. The Kier molecular flexibility index (Phi) is 1.97. The van der Waals surface area contributed by atoms with Crippen LogP contribution in [0.4, 0.5) is 0 Å². The lowest BCUT2D eigenvalue weighted by Crippen LogP contribution is -2.11. The second kappa shape index (κ2) is 2.55. The highest BCUT2D eigenvalue weighted by molar-refractivity contribution is 7.95. The Labute approximate surface area is 48.3 Å². The first-order valence-corrected chi connectivity index (χ1v) is 3.33. The van der Waals surface area contributed by atoms with Crippen LogP contribution >= 0.6 is 12.1 Å². The van der Waals surface area contributed by atoms with Crippen LogP contribution in [0.2, 0.25) is 0 Å². The molecule has 0 heterocycles. The van der Waals surface area contributed by atoms with Gasteiger partial charge in [-0.05, 0) is 19.9 Å². The fraction of sp³-hybridized carbons (Fsp3) is 1.00. The maximum atomic E-state index is 3.21. The van der Waals surface area contributed by atoms with E-state index in [9.17, 15) is 0 Å². The minimum atomic E-state index is 0.803. The number of hydrogen-bond acceptors (Lipinski definition) is 3. The molecule has 0 bridgehead atoms. The van der Waals surface area contributed by atoms with E-state index in [0.717, 1.165) is 6.04 Å². The van der Waals surface area contributed by atoms with Gasteiger partial charge in [0.05, 0.1) is 0 Å². The van der Waals surface area contributed by atoms with E-state index < -0.39 is 0 Å². The summed E-state index contributed by atoms with van der Waals surface area (Å²) in [6.07, 6.45) is 2.71.